The van der Waals surface area contributed by atoms with E-state index in [2.05, 4.69) is 0 Å². The molecule has 0 N–H and O–H groups in total. The number of benzene rings is 2. The van der Waals surface area contributed by atoms with Gasteiger partial charge >= 0.3 is 0 Å². The van der Waals surface area contributed by atoms with Crippen LogP contribution in [0.4, 0.5) is 0 Å². The van der Waals surface area contributed by atoms with E-state index in [1.54, 1.807) is 24.4 Å². The van der Waals surface area contributed by atoms with Gasteiger partial charge in [0.2, 0.25) is 0 Å². The Balaban J connectivity index is 2.44. The third-order valence-corrected chi connectivity index (χ3v) is 3.60. The summed E-state index contributed by atoms with van der Waals surface area (Å²) in [7, 11) is 0. The average molecular weight is 290 g/mol. The maximum Gasteiger partial charge on any atom is 0.264 e. The van der Waals surface area contributed by atoms with Crippen LogP contribution in [0.25, 0.3) is 16.5 Å². The first-order valence-corrected chi connectivity index (χ1v) is 6.49. The van der Waals surface area contributed by atoms with Crippen LogP contribution in [-0.2, 0) is 0 Å². The summed E-state index contributed by atoms with van der Waals surface area (Å²) in [6, 6.07) is 14.6. The monoisotopic (exact) mass is 289 g/mol. The fourth-order valence-corrected chi connectivity index (χ4v) is 2.59. The molecule has 0 amide bonds. The minimum atomic E-state index is -0.170. The van der Waals surface area contributed by atoms with E-state index in [9.17, 15) is 4.79 Å². The molecule has 0 spiro atoms. The zero-order chi connectivity index (χ0) is 13.4. The Morgan fingerprint density at radius 3 is 2.32 bits per heavy atom. The number of fused-ring (bicyclic) bond motifs is 1. The van der Waals surface area contributed by atoms with E-state index in [1.165, 1.54) is 4.57 Å². The smallest absolute Gasteiger partial charge is 0.264 e. The number of rotatable bonds is 1. The molecule has 3 rings (SSSR count). The topological polar surface area (TPSA) is 22.0 Å². The van der Waals surface area contributed by atoms with Crippen molar-refractivity contribution in [3.05, 3.63) is 75.1 Å². The van der Waals surface area contributed by atoms with Gasteiger partial charge in [-0.3, -0.25) is 9.36 Å². The van der Waals surface area contributed by atoms with E-state index < -0.39 is 0 Å². The van der Waals surface area contributed by atoms with Gasteiger partial charge in [0.1, 0.15) is 0 Å². The van der Waals surface area contributed by atoms with Gasteiger partial charge in [-0.2, -0.15) is 0 Å². The molecule has 3 aromatic rings. The van der Waals surface area contributed by atoms with E-state index >= 15 is 0 Å². The molecular formula is C15H9Cl2NO. The van der Waals surface area contributed by atoms with Crippen molar-refractivity contribution in [3.63, 3.8) is 0 Å². The van der Waals surface area contributed by atoms with Gasteiger partial charge < -0.3 is 0 Å². The first-order valence-electron chi connectivity index (χ1n) is 5.73. The Bertz CT molecular complexity index is 809. The molecular weight excluding hydrogens is 281 g/mol. The Morgan fingerprint density at radius 1 is 0.842 bits per heavy atom. The molecule has 94 valence electrons. The van der Waals surface area contributed by atoms with Gasteiger partial charge in [-0.1, -0.05) is 53.5 Å². The molecule has 0 unspecified atom stereocenters. The first kappa shape index (κ1) is 12.3. The van der Waals surface area contributed by atoms with Gasteiger partial charge in [0.25, 0.3) is 5.56 Å². The van der Waals surface area contributed by atoms with Gasteiger partial charge in [-0.15, -0.1) is 0 Å². The molecule has 0 aliphatic carbocycles. The number of nitrogens with zero attached hydrogens (tertiary/aromatic N) is 1. The summed E-state index contributed by atoms with van der Waals surface area (Å²) < 4.78 is 1.51. The predicted molar refractivity (Wildman–Crippen MR) is 79.6 cm³/mol. The molecule has 19 heavy (non-hydrogen) atoms. The minimum absolute atomic E-state index is 0.170. The van der Waals surface area contributed by atoms with Crippen LogP contribution in [0, 0.1) is 0 Å². The molecule has 2 aromatic carbocycles. The number of hydrogen-bond donors (Lipinski definition) is 0. The molecule has 0 saturated heterocycles. The molecule has 0 atom stereocenters. The number of hydrogen-bond acceptors (Lipinski definition) is 1. The van der Waals surface area contributed by atoms with Crippen LogP contribution in [-0.4, -0.2) is 4.57 Å². The van der Waals surface area contributed by atoms with Crippen molar-refractivity contribution < 1.29 is 0 Å². The molecule has 0 radical (unpaired) electrons. The summed E-state index contributed by atoms with van der Waals surface area (Å²) in [6.45, 7) is 0. The number of aromatic nitrogens is 1. The van der Waals surface area contributed by atoms with Crippen molar-refractivity contribution in [3.8, 4) is 5.69 Å². The lowest BCUT2D eigenvalue weighted by molar-refractivity contribution is 1.01. The van der Waals surface area contributed by atoms with Crippen LogP contribution in [0.5, 0.6) is 0 Å². The van der Waals surface area contributed by atoms with Crippen molar-refractivity contribution in [1.29, 1.82) is 0 Å². The van der Waals surface area contributed by atoms with E-state index in [-0.39, 0.29) is 5.56 Å². The SMILES string of the molecule is O=c1c2c(Cl)cccc2c(Cl)cn1-c1ccccc1. The van der Waals surface area contributed by atoms with Crippen LogP contribution in [0.15, 0.2) is 59.5 Å². The fraction of sp³-hybridized carbons (Fsp3) is 0. The van der Waals surface area contributed by atoms with E-state index in [0.717, 1.165) is 5.69 Å². The summed E-state index contributed by atoms with van der Waals surface area (Å²) in [5.41, 5.74) is 0.590. The average Bonchev–Trinajstić information content (AvgIpc) is 2.43. The van der Waals surface area contributed by atoms with Gasteiger partial charge in [0.05, 0.1) is 15.4 Å². The van der Waals surface area contributed by atoms with Gasteiger partial charge in [0.15, 0.2) is 0 Å². The summed E-state index contributed by atoms with van der Waals surface area (Å²) in [6.07, 6.45) is 1.62. The second-order valence-corrected chi connectivity index (χ2v) is 4.96. The highest BCUT2D eigenvalue weighted by atomic mass is 35.5. The zero-order valence-corrected chi connectivity index (χ0v) is 11.3. The van der Waals surface area contributed by atoms with E-state index in [4.69, 9.17) is 23.2 Å². The third-order valence-electron chi connectivity index (χ3n) is 2.98. The van der Waals surface area contributed by atoms with Crippen molar-refractivity contribution in [2.45, 2.75) is 0 Å². The van der Waals surface area contributed by atoms with Crippen molar-refractivity contribution >= 4 is 34.0 Å². The summed E-state index contributed by atoms with van der Waals surface area (Å²) in [5, 5.41) is 2.03. The fourth-order valence-electron chi connectivity index (χ4n) is 2.08. The normalized spacial score (nSPS) is 10.8. The quantitative estimate of drug-likeness (QED) is 0.655. The molecule has 0 saturated carbocycles. The van der Waals surface area contributed by atoms with Crippen LogP contribution in [0.1, 0.15) is 0 Å². The lowest BCUT2D eigenvalue weighted by atomic mass is 10.1. The predicted octanol–water partition coefficient (Wildman–Crippen LogP) is 4.30. The number of para-hydroxylation sites is 1. The van der Waals surface area contributed by atoms with Gasteiger partial charge in [0, 0.05) is 17.3 Å². The summed E-state index contributed by atoms with van der Waals surface area (Å²) >= 11 is 12.4. The Hall–Kier alpha value is -1.77. The zero-order valence-electron chi connectivity index (χ0n) is 9.81. The molecule has 4 heteroatoms. The van der Waals surface area contributed by atoms with Crippen LogP contribution in [0.3, 0.4) is 0 Å². The number of pyridine rings is 1. The molecule has 0 aliphatic rings. The molecule has 2 nitrogen and oxygen atoms in total. The third kappa shape index (κ3) is 2.03. The maximum absolute atomic E-state index is 12.5. The summed E-state index contributed by atoms with van der Waals surface area (Å²) in [5.74, 6) is 0. The van der Waals surface area contributed by atoms with Crippen molar-refractivity contribution in [2.75, 3.05) is 0 Å². The van der Waals surface area contributed by atoms with Crippen LogP contribution in [0.2, 0.25) is 10.0 Å². The second-order valence-electron chi connectivity index (χ2n) is 4.15. The Labute approximate surface area is 119 Å². The maximum atomic E-state index is 12.5. The lowest BCUT2D eigenvalue weighted by Crippen LogP contribution is -2.18. The Morgan fingerprint density at radius 2 is 1.58 bits per heavy atom. The van der Waals surface area contributed by atoms with Crippen LogP contribution < -0.4 is 5.56 Å². The van der Waals surface area contributed by atoms with Gasteiger partial charge in [-0.25, -0.2) is 0 Å². The standard InChI is InChI=1S/C15H9Cl2NO/c16-12-8-4-7-11-13(17)9-18(15(19)14(11)12)10-5-2-1-3-6-10/h1-9H. The highest BCUT2D eigenvalue weighted by Gasteiger charge is 2.11. The van der Waals surface area contributed by atoms with E-state index in [1.807, 2.05) is 30.3 Å². The van der Waals surface area contributed by atoms with Crippen molar-refractivity contribution in [1.82, 2.24) is 4.57 Å². The summed E-state index contributed by atoms with van der Waals surface area (Å²) in [4.78, 5) is 12.5. The first-order chi connectivity index (χ1) is 9.18. The Kier molecular flexibility index (Phi) is 3.05. The minimum Gasteiger partial charge on any atom is -0.282 e. The molecule has 1 aromatic heterocycles. The number of halogens is 2. The second kappa shape index (κ2) is 4.72. The molecule has 1 heterocycles. The van der Waals surface area contributed by atoms with Gasteiger partial charge in [-0.05, 0) is 18.2 Å². The highest BCUT2D eigenvalue weighted by molar-refractivity contribution is 6.39. The largest absolute Gasteiger partial charge is 0.282 e. The highest BCUT2D eigenvalue weighted by Crippen LogP contribution is 2.26. The van der Waals surface area contributed by atoms with Crippen molar-refractivity contribution in [2.24, 2.45) is 0 Å². The molecule has 0 aliphatic heterocycles. The molecule has 0 bridgehead atoms. The molecule has 0 fully saturated rings. The lowest BCUT2D eigenvalue weighted by Gasteiger charge is -2.09. The van der Waals surface area contributed by atoms with E-state index in [0.29, 0.717) is 20.8 Å². The van der Waals surface area contributed by atoms with Crippen LogP contribution >= 0.6 is 23.2 Å².